The summed E-state index contributed by atoms with van der Waals surface area (Å²) in [6.07, 6.45) is 0. The van der Waals surface area contributed by atoms with Gasteiger partial charge in [0.2, 0.25) is 0 Å². The molecule has 0 saturated carbocycles. The first-order chi connectivity index (χ1) is 14.5. The maximum Gasteiger partial charge on any atom is 0.271 e. The summed E-state index contributed by atoms with van der Waals surface area (Å²) in [5, 5.41) is 4.96. The lowest BCUT2D eigenvalue weighted by atomic mass is 10.2. The van der Waals surface area contributed by atoms with E-state index in [-0.39, 0.29) is 20.6 Å². The highest BCUT2D eigenvalue weighted by Crippen LogP contribution is 2.22. The van der Waals surface area contributed by atoms with Crippen molar-refractivity contribution in [2.45, 2.75) is 4.21 Å². The van der Waals surface area contributed by atoms with Crippen LogP contribution in [0, 0.1) is 0 Å². The zero-order valence-corrected chi connectivity index (χ0v) is 18.5. The topological polar surface area (TPSA) is 112 Å². The molecular formula is C18H23N5O4S3. The molecule has 4 N–H and O–H groups in total. The number of benzene rings is 1. The second-order valence-corrected chi connectivity index (χ2v) is 9.64. The molecule has 0 spiro atoms. The van der Waals surface area contributed by atoms with Crippen molar-refractivity contribution in [1.82, 2.24) is 21.1 Å². The molecule has 12 heteroatoms. The average Bonchev–Trinajstić information content (AvgIpc) is 3.29. The molecule has 0 unspecified atom stereocenters. The van der Waals surface area contributed by atoms with Gasteiger partial charge in [-0.15, -0.1) is 11.3 Å². The number of morpholine rings is 1. The van der Waals surface area contributed by atoms with Crippen molar-refractivity contribution in [2.75, 3.05) is 44.1 Å². The predicted octanol–water partition coefficient (Wildman–Crippen LogP) is 0.990. The lowest BCUT2D eigenvalue weighted by molar-refractivity contribution is 0.0389. The molecule has 0 aliphatic carbocycles. The maximum absolute atomic E-state index is 12.5. The van der Waals surface area contributed by atoms with Crippen LogP contribution in [0.25, 0.3) is 0 Å². The first kappa shape index (κ1) is 22.4. The number of ether oxygens (including phenoxy) is 1. The molecule has 2 heterocycles. The number of rotatable bonds is 7. The number of amides is 1. The summed E-state index contributed by atoms with van der Waals surface area (Å²) in [5.74, 6) is -0.517. The predicted molar refractivity (Wildman–Crippen MR) is 120 cm³/mol. The van der Waals surface area contributed by atoms with E-state index in [1.165, 1.54) is 18.2 Å². The number of hydrazine groups is 1. The third-order valence-corrected chi connectivity index (χ3v) is 7.29. The van der Waals surface area contributed by atoms with E-state index in [4.69, 9.17) is 17.0 Å². The number of carbonyl (C=O) groups excluding carboxylic acids is 1. The molecule has 2 aromatic rings. The lowest BCUT2D eigenvalue weighted by Crippen LogP contribution is -2.49. The van der Waals surface area contributed by atoms with Gasteiger partial charge < -0.3 is 10.1 Å². The van der Waals surface area contributed by atoms with E-state index in [2.05, 4.69) is 25.8 Å². The van der Waals surface area contributed by atoms with Crippen LogP contribution in [0.5, 0.6) is 0 Å². The van der Waals surface area contributed by atoms with Crippen LogP contribution in [0.4, 0.5) is 5.69 Å². The highest BCUT2D eigenvalue weighted by Gasteiger charge is 2.19. The standard InChI is InChI=1S/C18H23N5O4S3/c24-17(20-21-18(28)19-7-8-23-9-11-27-12-10-23)14-4-1-2-5-15(14)22-30(25,26)16-6-3-13-29-16/h1-6,13,22H,7-12H2,(H,20,24)(H2,19,21,28). The fraction of sp³-hybridized carbons (Fsp3) is 0.333. The van der Waals surface area contributed by atoms with E-state index in [0.717, 1.165) is 44.2 Å². The Bertz CT molecular complexity index is 960. The van der Waals surface area contributed by atoms with Crippen LogP contribution in [-0.2, 0) is 14.8 Å². The van der Waals surface area contributed by atoms with Gasteiger partial charge in [-0.05, 0) is 35.8 Å². The smallest absolute Gasteiger partial charge is 0.271 e. The minimum absolute atomic E-state index is 0.168. The van der Waals surface area contributed by atoms with Crippen molar-refractivity contribution in [3.05, 3.63) is 47.3 Å². The zero-order chi connectivity index (χ0) is 21.4. The van der Waals surface area contributed by atoms with E-state index in [0.29, 0.717) is 6.54 Å². The number of anilines is 1. The van der Waals surface area contributed by atoms with Gasteiger partial charge in [0.15, 0.2) is 5.11 Å². The highest BCUT2D eigenvalue weighted by molar-refractivity contribution is 7.94. The number of nitrogens with zero attached hydrogens (tertiary/aromatic N) is 1. The summed E-state index contributed by atoms with van der Waals surface area (Å²) in [4.78, 5) is 14.8. The summed E-state index contributed by atoms with van der Waals surface area (Å²) in [5.41, 5.74) is 5.47. The molecule has 1 saturated heterocycles. The van der Waals surface area contributed by atoms with Crippen LogP contribution in [-0.4, -0.2) is 63.7 Å². The normalized spacial score (nSPS) is 14.7. The molecular weight excluding hydrogens is 446 g/mol. The number of thiophene rings is 1. The van der Waals surface area contributed by atoms with Crippen LogP contribution in [0.1, 0.15) is 10.4 Å². The van der Waals surface area contributed by atoms with Crippen molar-refractivity contribution >= 4 is 50.3 Å². The van der Waals surface area contributed by atoms with Gasteiger partial charge in [-0.25, -0.2) is 8.42 Å². The maximum atomic E-state index is 12.5. The van der Waals surface area contributed by atoms with Gasteiger partial charge in [-0.3, -0.25) is 25.3 Å². The van der Waals surface area contributed by atoms with E-state index in [1.807, 2.05) is 0 Å². The number of carbonyl (C=O) groups is 1. The van der Waals surface area contributed by atoms with Gasteiger partial charge >= 0.3 is 0 Å². The Hall–Kier alpha value is -2.25. The largest absolute Gasteiger partial charge is 0.379 e. The number of hydrogen-bond acceptors (Lipinski definition) is 7. The van der Waals surface area contributed by atoms with E-state index < -0.39 is 15.9 Å². The van der Waals surface area contributed by atoms with Crippen LogP contribution < -0.4 is 20.9 Å². The van der Waals surface area contributed by atoms with Gasteiger partial charge in [0, 0.05) is 26.2 Å². The molecule has 1 aromatic heterocycles. The highest BCUT2D eigenvalue weighted by atomic mass is 32.2. The van der Waals surface area contributed by atoms with Gasteiger partial charge in [0.25, 0.3) is 15.9 Å². The number of nitrogens with one attached hydrogen (secondary N) is 4. The number of hydrogen-bond donors (Lipinski definition) is 4. The van der Waals surface area contributed by atoms with E-state index >= 15 is 0 Å². The Labute approximate surface area is 184 Å². The average molecular weight is 470 g/mol. The third-order valence-electron chi connectivity index (χ3n) is 4.28. The van der Waals surface area contributed by atoms with E-state index in [9.17, 15) is 13.2 Å². The number of thiocarbonyl (C=S) groups is 1. The Morgan fingerprint density at radius 1 is 1.13 bits per heavy atom. The Kier molecular flexibility index (Phi) is 7.99. The monoisotopic (exact) mass is 469 g/mol. The molecule has 1 aliphatic heterocycles. The molecule has 1 fully saturated rings. The molecule has 162 valence electrons. The fourth-order valence-electron chi connectivity index (χ4n) is 2.76. The fourth-order valence-corrected chi connectivity index (χ4v) is 4.98. The van der Waals surface area contributed by atoms with Gasteiger partial charge in [-0.2, -0.15) is 0 Å². The molecule has 3 rings (SSSR count). The molecule has 0 radical (unpaired) electrons. The summed E-state index contributed by atoms with van der Waals surface area (Å²) in [6, 6.07) is 9.50. The Morgan fingerprint density at radius 3 is 2.63 bits per heavy atom. The van der Waals surface area contributed by atoms with Crippen molar-refractivity contribution < 1.29 is 17.9 Å². The Balaban J connectivity index is 1.51. The molecule has 1 amide bonds. The lowest BCUT2D eigenvalue weighted by Gasteiger charge is -2.26. The van der Waals surface area contributed by atoms with Crippen LogP contribution >= 0.6 is 23.6 Å². The van der Waals surface area contributed by atoms with E-state index in [1.54, 1.807) is 23.6 Å². The first-order valence-electron chi connectivity index (χ1n) is 9.25. The van der Waals surface area contributed by atoms with Crippen molar-refractivity contribution in [1.29, 1.82) is 0 Å². The minimum Gasteiger partial charge on any atom is -0.379 e. The number of sulfonamides is 1. The summed E-state index contributed by atoms with van der Waals surface area (Å²) in [6.45, 7) is 4.67. The van der Waals surface area contributed by atoms with Crippen molar-refractivity contribution in [2.24, 2.45) is 0 Å². The molecule has 1 aliphatic rings. The SMILES string of the molecule is O=C(NNC(=S)NCCN1CCOCC1)c1ccccc1NS(=O)(=O)c1cccs1. The van der Waals surface area contributed by atoms with Crippen LogP contribution in [0.2, 0.25) is 0 Å². The second-order valence-electron chi connectivity index (χ2n) is 6.37. The number of para-hydroxylation sites is 1. The van der Waals surface area contributed by atoms with Crippen molar-refractivity contribution in [3.63, 3.8) is 0 Å². The van der Waals surface area contributed by atoms with Crippen LogP contribution in [0.15, 0.2) is 46.0 Å². The zero-order valence-electron chi connectivity index (χ0n) is 16.1. The summed E-state index contributed by atoms with van der Waals surface area (Å²) < 4.78 is 32.9. The minimum atomic E-state index is -3.76. The molecule has 0 atom stereocenters. The Morgan fingerprint density at radius 2 is 1.90 bits per heavy atom. The van der Waals surface area contributed by atoms with Crippen LogP contribution in [0.3, 0.4) is 0 Å². The molecule has 30 heavy (non-hydrogen) atoms. The quantitative estimate of drug-likeness (QED) is 0.351. The third kappa shape index (κ3) is 6.37. The van der Waals surface area contributed by atoms with Gasteiger partial charge in [0.1, 0.15) is 4.21 Å². The van der Waals surface area contributed by atoms with Gasteiger partial charge in [-0.1, -0.05) is 18.2 Å². The summed E-state index contributed by atoms with van der Waals surface area (Å²) >= 11 is 6.27. The molecule has 0 bridgehead atoms. The first-order valence-corrected chi connectivity index (χ1v) is 12.0. The van der Waals surface area contributed by atoms with Gasteiger partial charge in [0.05, 0.1) is 24.5 Å². The van der Waals surface area contributed by atoms with Crippen molar-refractivity contribution in [3.8, 4) is 0 Å². The summed E-state index contributed by atoms with van der Waals surface area (Å²) in [7, 11) is -3.76. The second kappa shape index (κ2) is 10.7. The molecule has 1 aromatic carbocycles. The molecule has 9 nitrogen and oxygen atoms in total.